The second-order valence-electron chi connectivity index (χ2n) is 9.03. The molecule has 0 aliphatic rings. The van der Waals surface area contributed by atoms with Gasteiger partial charge in [0.15, 0.2) is 0 Å². The summed E-state index contributed by atoms with van der Waals surface area (Å²) in [6.07, 6.45) is -7.62. The van der Waals surface area contributed by atoms with Crippen LogP contribution in [0.15, 0.2) is 0 Å². The Bertz CT molecular complexity index is 668. The highest BCUT2D eigenvalue weighted by Crippen LogP contribution is 2.01. The van der Waals surface area contributed by atoms with Crippen molar-refractivity contribution < 1.29 is 78.2 Å². The van der Waals surface area contributed by atoms with E-state index < -0.39 is 73.7 Å². The van der Waals surface area contributed by atoms with E-state index >= 15 is 0 Å². The Balaban J connectivity index is 3.85. The van der Waals surface area contributed by atoms with E-state index in [9.17, 15) is 39.6 Å². The van der Waals surface area contributed by atoms with E-state index in [0.29, 0.717) is 0 Å². The largest absolute Gasteiger partial charge is 0.463 e. The van der Waals surface area contributed by atoms with Crippen molar-refractivity contribution in [2.75, 3.05) is 52.9 Å². The summed E-state index contributed by atoms with van der Waals surface area (Å²) in [5.41, 5.74) is 0. The smallest absolute Gasteiger partial charge is 0.308 e. The zero-order valence-corrected chi connectivity index (χ0v) is 22.7. The van der Waals surface area contributed by atoms with Crippen LogP contribution in [0.1, 0.15) is 39.5 Å². The summed E-state index contributed by atoms with van der Waals surface area (Å²) in [6.45, 7) is 0.121. The van der Waals surface area contributed by atoms with Crippen molar-refractivity contribution in [3.05, 3.63) is 0 Å². The number of esters is 4. The van der Waals surface area contributed by atoms with Crippen molar-refractivity contribution in [1.29, 1.82) is 0 Å². The maximum atomic E-state index is 11.7. The molecule has 0 aromatic carbocycles. The van der Waals surface area contributed by atoms with Crippen molar-refractivity contribution in [1.82, 2.24) is 0 Å². The Kier molecular flexibility index (Phi) is 20.9. The van der Waals surface area contributed by atoms with Crippen molar-refractivity contribution in [2.45, 2.75) is 76.2 Å². The molecule has 0 aromatic heterocycles. The lowest BCUT2D eigenvalue weighted by atomic mass is 10.3. The van der Waals surface area contributed by atoms with Gasteiger partial charge in [-0.05, 0) is 13.8 Å². The van der Waals surface area contributed by atoms with Gasteiger partial charge in [0.1, 0.15) is 50.8 Å². The summed E-state index contributed by atoms with van der Waals surface area (Å²) in [5.74, 6) is -2.97. The van der Waals surface area contributed by atoms with Crippen molar-refractivity contribution in [3.63, 3.8) is 0 Å². The van der Waals surface area contributed by atoms with Crippen LogP contribution in [-0.2, 0) is 47.6 Å². The summed E-state index contributed by atoms with van der Waals surface area (Å²) in [7, 11) is 0. The van der Waals surface area contributed by atoms with Crippen LogP contribution in [0.4, 0.5) is 0 Å². The average molecular weight is 587 g/mol. The predicted molar refractivity (Wildman–Crippen MR) is 131 cm³/mol. The van der Waals surface area contributed by atoms with Gasteiger partial charge in [-0.1, -0.05) is 0 Å². The van der Waals surface area contributed by atoms with Crippen LogP contribution in [0.5, 0.6) is 0 Å². The lowest BCUT2D eigenvalue weighted by Crippen LogP contribution is -2.29. The number of rotatable bonds is 23. The first-order chi connectivity index (χ1) is 18.8. The maximum absolute atomic E-state index is 11.7. The predicted octanol–water partition coefficient (Wildman–Crippen LogP) is -3.04. The number of ether oxygens (including phenoxy) is 6. The molecular formula is C24H42O16. The highest BCUT2D eigenvalue weighted by Gasteiger charge is 2.16. The third-order valence-corrected chi connectivity index (χ3v) is 4.45. The highest BCUT2D eigenvalue weighted by molar-refractivity contribution is 5.77. The van der Waals surface area contributed by atoms with Crippen LogP contribution >= 0.6 is 0 Å². The zero-order valence-electron chi connectivity index (χ0n) is 22.7. The topological polar surface area (TPSA) is 245 Å². The van der Waals surface area contributed by atoms with Gasteiger partial charge >= 0.3 is 23.9 Å². The number of hydrogen-bond acceptors (Lipinski definition) is 16. The molecule has 0 rings (SSSR count). The van der Waals surface area contributed by atoms with Crippen LogP contribution < -0.4 is 0 Å². The van der Waals surface area contributed by atoms with Crippen LogP contribution in [-0.4, -0.2) is 144 Å². The Morgan fingerprint density at radius 1 is 0.450 bits per heavy atom. The summed E-state index contributed by atoms with van der Waals surface area (Å²) >= 11 is 0. The molecule has 0 aromatic rings. The molecule has 6 unspecified atom stereocenters. The molecule has 0 fully saturated rings. The van der Waals surface area contributed by atoms with Crippen molar-refractivity contribution >= 4 is 23.9 Å². The first kappa shape index (κ1) is 37.6. The van der Waals surface area contributed by atoms with Gasteiger partial charge in [0, 0.05) is 0 Å². The molecule has 0 aliphatic carbocycles. The van der Waals surface area contributed by atoms with E-state index in [1.807, 2.05) is 0 Å². The summed E-state index contributed by atoms with van der Waals surface area (Å²) in [6, 6.07) is 0. The van der Waals surface area contributed by atoms with Gasteiger partial charge in [0.05, 0.1) is 64.3 Å². The fourth-order valence-corrected chi connectivity index (χ4v) is 2.58. The SMILES string of the molecule is CC(O)CC(=O)OCC(O)COCC(O)COC(=O)CCC(=O)OCC(O)COCC(O)COC(=O)CC(C)O. The van der Waals surface area contributed by atoms with Gasteiger partial charge in [0.25, 0.3) is 0 Å². The minimum absolute atomic E-state index is 0.214. The van der Waals surface area contributed by atoms with Crippen LogP contribution in [0.25, 0.3) is 0 Å². The molecule has 40 heavy (non-hydrogen) atoms. The van der Waals surface area contributed by atoms with Crippen LogP contribution in [0.2, 0.25) is 0 Å². The first-order valence-electron chi connectivity index (χ1n) is 12.6. The Morgan fingerprint density at radius 3 is 0.950 bits per heavy atom. The molecule has 0 amide bonds. The van der Waals surface area contributed by atoms with E-state index in [-0.39, 0.29) is 65.3 Å². The number of hydrogen-bond donors (Lipinski definition) is 6. The van der Waals surface area contributed by atoms with Gasteiger partial charge < -0.3 is 59.1 Å². The molecule has 0 heterocycles. The van der Waals surface area contributed by atoms with Gasteiger partial charge in [-0.2, -0.15) is 0 Å². The molecule has 16 nitrogen and oxygen atoms in total. The Labute approximate surface area is 231 Å². The zero-order chi connectivity index (χ0) is 30.5. The van der Waals surface area contributed by atoms with E-state index in [1.165, 1.54) is 13.8 Å². The third-order valence-electron chi connectivity index (χ3n) is 4.45. The van der Waals surface area contributed by atoms with Gasteiger partial charge in [0.2, 0.25) is 0 Å². The van der Waals surface area contributed by atoms with Gasteiger partial charge in [-0.3, -0.25) is 19.2 Å². The van der Waals surface area contributed by atoms with Gasteiger partial charge in [-0.25, -0.2) is 0 Å². The summed E-state index contributed by atoms with van der Waals surface area (Å²) in [5, 5.41) is 57.0. The van der Waals surface area contributed by atoms with E-state index in [2.05, 4.69) is 0 Å². The van der Waals surface area contributed by atoms with E-state index in [0.717, 1.165) is 0 Å². The molecule has 0 aliphatic heterocycles. The van der Waals surface area contributed by atoms with Crippen LogP contribution in [0.3, 0.4) is 0 Å². The number of carbonyl (C=O) groups excluding carboxylic acids is 4. The van der Waals surface area contributed by atoms with Crippen LogP contribution in [0, 0.1) is 0 Å². The summed E-state index contributed by atoms with van der Waals surface area (Å²) < 4.78 is 29.2. The molecule has 6 atom stereocenters. The number of carbonyl (C=O) groups is 4. The molecule has 6 N–H and O–H groups in total. The number of aliphatic hydroxyl groups excluding tert-OH is 6. The fraction of sp³-hybridized carbons (Fsp3) is 0.833. The molecule has 0 saturated carbocycles. The lowest BCUT2D eigenvalue weighted by Gasteiger charge is -2.15. The average Bonchev–Trinajstić information content (AvgIpc) is 2.86. The van der Waals surface area contributed by atoms with Gasteiger partial charge in [-0.15, -0.1) is 0 Å². The standard InChI is InChI=1S/C24H42O16/c1-15(25)5-23(33)39-13-19(29)9-35-7-17(27)11-37-21(31)3-4-22(32)38-12-18(28)8-36-10-20(30)14-40-24(34)6-16(2)26/h15-20,25-30H,3-14H2,1-2H3. The minimum Gasteiger partial charge on any atom is -0.463 e. The molecule has 16 heteroatoms. The monoisotopic (exact) mass is 586 g/mol. The molecule has 0 bridgehead atoms. The summed E-state index contributed by atoms with van der Waals surface area (Å²) in [4.78, 5) is 46.0. The van der Waals surface area contributed by atoms with E-state index in [1.54, 1.807) is 0 Å². The Hall–Kier alpha value is -2.44. The second-order valence-corrected chi connectivity index (χ2v) is 9.03. The second kappa shape index (κ2) is 22.3. The number of aliphatic hydroxyl groups is 6. The quantitative estimate of drug-likeness (QED) is 0.0514. The van der Waals surface area contributed by atoms with Crippen molar-refractivity contribution in [2.24, 2.45) is 0 Å². The van der Waals surface area contributed by atoms with E-state index in [4.69, 9.17) is 38.6 Å². The highest BCUT2D eigenvalue weighted by atomic mass is 16.6. The van der Waals surface area contributed by atoms with Crippen molar-refractivity contribution in [3.8, 4) is 0 Å². The molecule has 234 valence electrons. The molecule has 0 spiro atoms. The first-order valence-corrected chi connectivity index (χ1v) is 12.6. The minimum atomic E-state index is -1.22. The fourth-order valence-electron chi connectivity index (χ4n) is 2.58. The third kappa shape index (κ3) is 23.4. The Morgan fingerprint density at radius 2 is 0.700 bits per heavy atom. The lowest BCUT2D eigenvalue weighted by molar-refractivity contribution is -0.155. The molecule has 0 saturated heterocycles. The maximum Gasteiger partial charge on any atom is 0.308 e. The molecular weight excluding hydrogens is 544 g/mol. The molecule has 0 radical (unpaired) electrons. The normalized spacial score (nSPS) is 15.7.